The Kier molecular flexibility index (Phi) is 5.57. The second-order valence-electron chi connectivity index (χ2n) is 6.21. The molecule has 0 saturated carbocycles. The molecule has 2 aromatic rings. The van der Waals surface area contributed by atoms with Gasteiger partial charge in [0.15, 0.2) is 5.69 Å². The predicted octanol–water partition coefficient (Wildman–Crippen LogP) is 3.25. The molecule has 1 unspecified atom stereocenters. The van der Waals surface area contributed by atoms with Crippen molar-refractivity contribution in [1.29, 1.82) is 0 Å². The van der Waals surface area contributed by atoms with Gasteiger partial charge in [-0.05, 0) is 30.5 Å². The monoisotopic (exact) mass is 383 g/mol. The highest BCUT2D eigenvalue weighted by atomic mass is 19.4. The highest BCUT2D eigenvalue weighted by Crippen LogP contribution is 2.28. The van der Waals surface area contributed by atoms with Crippen LogP contribution in [0.3, 0.4) is 0 Å². The molecule has 1 saturated heterocycles. The lowest BCUT2D eigenvalue weighted by molar-refractivity contribution is -0.141. The number of carbonyl (C=O) groups excluding carboxylic acids is 1. The minimum atomic E-state index is -4.59. The van der Waals surface area contributed by atoms with Crippen LogP contribution in [0.4, 0.5) is 17.6 Å². The van der Waals surface area contributed by atoms with Crippen LogP contribution in [0.25, 0.3) is 0 Å². The second kappa shape index (κ2) is 7.89. The van der Waals surface area contributed by atoms with Gasteiger partial charge in [0, 0.05) is 12.7 Å². The number of alkyl halides is 3. The van der Waals surface area contributed by atoms with Crippen LogP contribution in [0.2, 0.25) is 0 Å². The van der Waals surface area contributed by atoms with Crippen molar-refractivity contribution in [3.63, 3.8) is 0 Å². The van der Waals surface area contributed by atoms with E-state index in [9.17, 15) is 22.4 Å². The lowest BCUT2D eigenvalue weighted by atomic mass is 10.1. The maximum Gasteiger partial charge on any atom is 0.433 e. The number of hydrogen-bond donors (Lipinski definition) is 0. The highest BCUT2D eigenvalue weighted by Gasteiger charge is 2.33. The Morgan fingerprint density at radius 2 is 2.04 bits per heavy atom. The molecule has 3 rings (SSSR count). The number of aromatic nitrogens is 2. The molecule has 1 atom stereocenters. The topological polar surface area (TPSA) is 55.3 Å². The van der Waals surface area contributed by atoms with Gasteiger partial charge in [0.05, 0.1) is 13.0 Å². The van der Waals surface area contributed by atoms with Crippen molar-refractivity contribution in [2.45, 2.75) is 31.5 Å². The number of halogens is 4. The largest absolute Gasteiger partial charge is 0.458 e. The second-order valence-corrected chi connectivity index (χ2v) is 6.21. The van der Waals surface area contributed by atoms with Gasteiger partial charge >= 0.3 is 12.2 Å². The molecule has 1 amide bonds. The average molecular weight is 383 g/mol. The lowest BCUT2D eigenvalue weighted by Crippen LogP contribution is -2.45. The summed E-state index contributed by atoms with van der Waals surface area (Å²) in [7, 11) is 0. The first-order valence-corrected chi connectivity index (χ1v) is 8.41. The lowest BCUT2D eigenvalue weighted by Gasteiger charge is -2.32. The maximum atomic E-state index is 13.7. The molecule has 27 heavy (non-hydrogen) atoms. The molecular formula is C18H17F4N3O2. The van der Waals surface area contributed by atoms with E-state index < -0.39 is 23.8 Å². The molecule has 1 fully saturated rings. The standard InChI is InChI=1S/C18H17F4N3O2/c19-14-6-2-1-4-12(14)10-16(26)25-9-3-5-13(11-25)27-17-23-8-7-15(24-17)18(20,21)22/h1-2,4,6-8,13H,3,5,9-11H2. The number of nitrogens with zero attached hydrogens (tertiary/aromatic N) is 3. The molecule has 1 aromatic carbocycles. The van der Waals surface area contributed by atoms with Gasteiger partial charge in [-0.15, -0.1) is 0 Å². The smallest absolute Gasteiger partial charge is 0.433 e. The summed E-state index contributed by atoms with van der Waals surface area (Å²) >= 11 is 0. The number of piperidine rings is 1. The summed E-state index contributed by atoms with van der Waals surface area (Å²) in [5.74, 6) is -0.716. The molecule has 0 radical (unpaired) electrons. The highest BCUT2D eigenvalue weighted by molar-refractivity contribution is 5.79. The first-order valence-electron chi connectivity index (χ1n) is 8.41. The van der Waals surface area contributed by atoms with Crippen LogP contribution in [-0.2, 0) is 17.4 Å². The predicted molar refractivity (Wildman–Crippen MR) is 87.4 cm³/mol. The number of ether oxygens (including phenoxy) is 1. The maximum absolute atomic E-state index is 13.7. The summed E-state index contributed by atoms with van der Waals surface area (Å²) < 4.78 is 57.3. The van der Waals surface area contributed by atoms with Crippen LogP contribution < -0.4 is 4.74 Å². The SMILES string of the molecule is O=C(Cc1ccccc1F)N1CCCC(Oc2nccc(C(F)(F)F)n2)C1. The van der Waals surface area contributed by atoms with E-state index in [1.165, 1.54) is 11.0 Å². The molecule has 0 aliphatic carbocycles. The third-order valence-electron chi connectivity index (χ3n) is 4.23. The van der Waals surface area contributed by atoms with Gasteiger partial charge in [0.1, 0.15) is 11.9 Å². The van der Waals surface area contributed by atoms with Crippen molar-refractivity contribution >= 4 is 5.91 Å². The van der Waals surface area contributed by atoms with Gasteiger partial charge < -0.3 is 9.64 Å². The molecule has 1 aliphatic heterocycles. The fourth-order valence-corrected chi connectivity index (χ4v) is 2.88. The van der Waals surface area contributed by atoms with Crippen molar-refractivity contribution in [2.75, 3.05) is 13.1 Å². The summed E-state index contributed by atoms with van der Waals surface area (Å²) in [6.45, 7) is 0.670. The van der Waals surface area contributed by atoms with Crippen LogP contribution in [0.1, 0.15) is 24.1 Å². The van der Waals surface area contributed by atoms with E-state index >= 15 is 0 Å². The molecular weight excluding hydrogens is 366 g/mol. The Morgan fingerprint density at radius 3 is 2.78 bits per heavy atom. The molecule has 0 N–H and O–H groups in total. The number of amides is 1. The van der Waals surface area contributed by atoms with Gasteiger partial charge in [-0.3, -0.25) is 4.79 Å². The summed E-state index contributed by atoms with van der Waals surface area (Å²) in [4.78, 5) is 21.0. The van der Waals surface area contributed by atoms with Crippen molar-refractivity contribution in [2.24, 2.45) is 0 Å². The summed E-state index contributed by atoms with van der Waals surface area (Å²) in [5.41, 5.74) is -0.789. The van der Waals surface area contributed by atoms with E-state index in [-0.39, 0.29) is 24.9 Å². The van der Waals surface area contributed by atoms with E-state index in [1.54, 1.807) is 18.2 Å². The van der Waals surface area contributed by atoms with Crippen LogP contribution in [0, 0.1) is 5.82 Å². The van der Waals surface area contributed by atoms with Gasteiger partial charge in [-0.1, -0.05) is 18.2 Å². The molecule has 0 bridgehead atoms. The zero-order valence-electron chi connectivity index (χ0n) is 14.2. The van der Waals surface area contributed by atoms with E-state index in [1.807, 2.05) is 0 Å². The molecule has 5 nitrogen and oxygen atoms in total. The average Bonchev–Trinajstić information content (AvgIpc) is 2.63. The molecule has 144 valence electrons. The Morgan fingerprint density at radius 1 is 1.26 bits per heavy atom. The molecule has 9 heteroatoms. The Hall–Kier alpha value is -2.71. The number of hydrogen-bond acceptors (Lipinski definition) is 4. The Labute approximate surface area is 153 Å². The molecule has 1 aliphatic rings. The third-order valence-corrected chi connectivity index (χ3v) is 4.23. The number of rotatable bonds is 4. The van der Waals surface area contributed by atoms with Gasteiger partial charge in [-0.25, -0.2) is 9.37 Å². The first-order chi connectivity index (χ1) is 12.8. The number of carbonyl (C=O) groups is 1. The normalized spacial score (nSPS) is 17.6. The fourth-order valence-electron chi connectivity index (χ4n) is 2.88. The summed E-state index contributed by atoms with van der Waals surface area (Å²) in [6.07, 6.45) is -3.04. The van der Waals surface area contributed by atoms with Gasteiger partial charge in [0.2, 0.25) is 5.91 Å². The number of likely N-dealkylation sites (tertiary alicyclic amines) is 1. The van der Waals surface area contributed by atoms with E-state index in [2.05, 4.69) is 9.97 Å². The third kappa shape index (κ3) is 4.93. The van der Waals surface area contributed by atoms with Crippen LogP contribution >= 0.6 is 0 Å². The molecule has 0 spiro atoms. The van der Waals surface area contributed by atoms with Crippen molar-refractivity contribution < 1.29 is 27.1 Å². The Balaban J connectivity index is 1.63. The van der Waals surface area contributed by atoms with E-state index in [0.717, 1.165) is 12.3 Å². The zero-order valence-corrected chi connectivity index (χ0v) is 14.2. The fraction of sp³-hybridized carbons (Fsp3) is 0.389. The first kappa shape index (κ1) is 19.1. The van der Waals surface area contributed by atoms with Crippen molar-refractivity contribution in [3.8, 4) is 6.01 Å². The van der Waals surface area contributed by atoms with E-state index in [0.29, 0.717) is 24.9 Å². The number of benzene rings is 1. The Bertz CT molecular complexity index is 813. The molecule has 2 heterocycles. The van der Waals surface area contributed by atoms with E-state index in [4.69, 9.17) is 4.74 Å². The van der Waals surface area contributed by atoms with Crippen molar-refractivity contribution in [3.05, 3.63) is 53.6 Å². The minimum absolute atomic E-state index is 0.0839. The molecule has 1 aromatic heterocycles. The summed E-state index contributed by atoms with van der Waals surface area (Å²) in [6, 6.07) is 6.41. The summed E-state index contributed by atoms with van der Waals surface area (Å²) in [5, 5.41) is 0. The van der Waals surface area contributed by atoms with Crippen molar-refractivity contribution in [1.82, 2.24) is 14.9 Å². The van der Waals surface area contributed by atoms with Gasteiger partial charge in [-0.2, -0.15) is 18.2 Å². The van der Waals surface area contributed by atoms with Crippen LogP contribution in [-0.4, -0.2) is 40.0 Å². The minimum Gasteiger partial charge on any atom is -0.458 e. The van der Waals surface area contributed by atoms with Crippen LogP contribution in [0.5, 0.6) is 6.01 Å². The zero-order chi connectivity index (χ0) is 19.4. The van der Waals surface area contributed by atoms with Gasteiger partial charge in [0.25, 0.3) is 0 Å². The van der Waals surface area contributed by atoms with Crippen LogP contribution in [0.15, 0.2) is 36.5 Å². The quantitative estimate of drug-likeness (QED) is 0.761.